The fourth-order valence-corrected chi connectivity index (χ4v) is 3.41. The number of nitrogens with two attached hydrogens (primary N) is 1. The van der Waals surface area contributed by atoms with Crippen LogP contribution in [0.2, 0.25) is 0 Å². The summed E-state index contributed by atoms with van der Waals surface area (Å²) in [6, 6.07) is 4.99. The molecule has 0 fully saturated rings. The maximum atomic E-state index is 8.70. The zero-order valence-corrected chi connectivity index (χ0v) is 19.4. The largest absolute Gasteiger partial charge is 0.491 e. The Bertz CT molecular complexity index is 995. The van der Waals surface area contributed by atoms with Crippen LogP contribution in [0.15, 0.2) is 34.5 Å². The van der Waals surface area contributed by atoms with Gasteiger partial charge >= 0.3 is 0 Å². The number of aliphatic imine (C=N–C) groups is 2. The van der Waals surface area contributed by atoms with Crippen molar-refractivity contribution in [2.75, 3.05) is 32.6 Å². The van der Waals surface area contributed by atoms with E-state index in [2.05, 4.69) is 37.8 Å². The highest BCUT2D eigenvalue weighted by molar-refractivity contribution is 6.09. The van der Waals surface area contributed by atoms with Gasteiger partial charge in [-0.1, -0.05) is 13.8 Å². The number of ether oxygens (including phenoxy) is 2. The highest BCUT2D eigenvalue weighted by atomic mass is 16.5. The average molecular weight is 453 g/mol. The van der Waals surface area contributed by atoms with Crippen LogP contribution in [0, 0.1) is 18.3 Å². The molecule has 1 atom stereocenters. The van der Waals surface area contributed by atoms with Gasteiger partial charge in [-0.2, -0.15) is 5.10 Å². The number of anilines is 1. The standard InChI is InChI=1S/C19H24N8O2.C2H6.C2H2/c1-28-6-7-29-13-2-3-15(20)14(8-13)19(21)16-9-17(23-11-22-16)26-4-5-27-18(10-26)24-12-25-27;2*1-2/h2-3,8,11-12,16,21H,4-7,9-10,20H2,1H3;1-2H3;1-2H. The molecule has 0 bridgehead atoms. The molecule has 1 aromatic carbocycles. The van der Waals surface area contributed by atoms with Gasteiger partial charge in [-0.3, -0.25) is 4.99 Å². The van der Waals surface area contributed by atoms with Crippen LogP contribution in [-0.4, -0.2) is 70.5 Å². The Hall–Kier alpha value is -3.71. The predicted octanol–water partition coefficient (Wildman–Crippen LogP) is 2.24. The van der Waals surface area contributed by atoms with Crippen LogP contribution in [-0.2, 0) is 17.8 Å². The molecule has 2 aromatic rings. The van der Waals surface area contributed by atoms with Gasteiger partial charge < -0.3 is 25.5 Å². The summed E-state index contributed by atoms with van der Waals surface area (Å²) >= 11 is 0. The SMILES string of the molecule is C#C.CC.COCCOc1ccc(N)c(C(=N)C2CC(N3CCn4ncnc4C3)=NC=N2)c1. The van der Waals surface area contributed by atoms with Gasteiger partial charge in [-0.15, -0.1) is 12.8 Å². The van der Waals surface area contributed by atoms with E-state index in [0.29, 0.717) is 48.9 Å². The second-order valence-corrected chi connectivity index (χ2v) is 6.85. The molecule has 0 spiro atoms. The Morgan fingerprint density at radius 2 is 2.03 bits per heavy atom. The first kappa shape index (κ1) is 25.5. The van der Waals surface area contributed by atoms with E-state index < -0.39 is 0 Å². The number of nitrogens with one attached hydrogen (secondary N) is 1. The van der Waals surface area contributed by atoms with E-state index in [9.17, 15) is 0 Å². The molecule has 176 valence electrons. The van der Waals surface area contributed by atoms with Crippen LogP contribution < -0.4 is 10.5 Å². The van der Waals surface area contributed by atoms with Crippen molar-refractivity contribution in [1.29, 1.82) is 5.41 Å². The lowest BCUT2D eigenvalue weighted by Crippen LogP contribution is -2.42. The number of rotatable bonds is 6. The lowest BCUT2D eigenvalue weighted by molar-refractivity contribution is 0.146. The average Bonchev–Trinajstić information content (AvgIpc) is 3.35. The fourth-order valence-electron chi connectivity index (χ4n) is 3.41. The summed E-state index contributed by atoms with van der Waals surface area (Å²) < 4.78 is 12.6. The molecular weight excluding hydrogens is 420 g/mol. The number of benzene rings is 1. The topological polar surface area (TPSA) is 127 Å². The monoisotopic (exact) mass is 452 g/mol. The molecule has 10 heteroatoms. The van der Waals surface area contributed by atoms with Crippen molar-refractivity contribution < 1.29 is 9.47 Å². The van der Waals surface area contributed by atoms with E-state index in [4.69, 9.17) is 20.6 Å². The van der Waals surface area contributed by atoms with E-state index in [1.165, 1.54) is 6.34 Å². The summed E-state index contributed by atoms with van der Waals surface area (Å²) in [6.45, 7) is 7.14. The quantitative estimate of drug-likeness (QED) is 0.299. The molecule has 3 N–H and O–H groups in total. The van der Waals surface area contributed by atoms with Crippen molar-refractivity contribution in [3.63, 3.8) is 0 Å². The summed E-state index contributed by atoms with van der Waals surface area (Å²) in [7, 11) is 1.62. The second-order valence-electron chi connectivity index (χ2n) is 6.85. The third-order valence-electron chi connectivity index (χ3n) is 5.01. The van der Waals surface area contributed by atoms with E-state index in [1.54, 1.807) is 31.6 Å². The summed E-state index contributed by atoms with van der Waals surface area (Å²) in [4.78, 5) is 15.3. The molecular formula is C23H32N8O2. The molecule has 0 saturated heterocycles. The van der Waals surface area contributed by atoms with Gasteiger partial charge in [0.1, 0.15) is 42.7 Å². The van der Waals surface area contributed by atoms with E-state index in [-0.39, 0.29) is 6.04 Å². The van der Waals surface area contributed by atoms with Crippen LogP contribution >= 0.6 is 0 Å². The molecule has 3 heterocycles. The number of nitrogen functional groups attached to an aromatic ring is 1. The predicted molar refractivity (Wildman–Crippen MR) is 131 cm³/mol. The van der Waals surface area contributed by atoms with E-state index >= 15 is 0 Å². The number of amidine groups is 1. The fraction of sp³-hybridized carbons (Fsp3) is 0.435. The molecule has 1 aromatic heterocycles. The summed E-state index contributed by atoms with van der Waals surface area (Å²) in [5.74, 6) is 2.47. The van der Waals surface area contributed by atoms with Gasteiger partial charge in [0.05, 0.1) is 25.4 Å². The van der Waals surface area contributed by atoms with Gasteiger partial charge in [-0.25, -0.2) is 14.7 Å². The molecule has 2 aliphatic rings. The lowest BCUT2D eigenvalue weighted by Gasteiger charge is -2.31. The molecule has 0 aliphatic carbocycles. The number of terminal acetylenes is 1. The zero-order chi connectivity index (χ0) is 24.2. The van der Waals surface area contributed by atoms with Crippen LogP contribution in [0.1, 0.15) is 31.7 Å². The van der Waals surface area contributed by atoms with Gasteiger partial charge in [0, 0.05) is 31.3 Å². The molecule has 1 unspecified atom stereocenters. The maximum Gasteiger partial charge on any atom is 0.146 e. The Morgan fingerprint density at radius 3 is 2.79 bits per heavy atom. The van der Waals surface area contributed by atoms with Gasteiger partial charge in [-0.05, 0) is 18.2 Å². The van der Waals surface area contributed by atoms with Crippen LogP contribution in [0.5, 0.6) is 5.75 Å². The molecule has 0 saturated carbocycles. The van der Waals surface area contributed by atoms with Crippen molar-refractivity contribution in [1.82, 2.24) is 19.7 Å². The first-order valence-corrected chi connectivity index (χ1v) is 10.8. The minimum Gasteiger partial charge on any atom is -0.491 e. The summed E-state index contributed by atoms with van der Waals surface area (Å²) in [6.07, 6.45) is 11.6. The Labute approximate surface area is 195 Å². The normalized spacial score (nSPS) is 16.3. The Balaban J connectivity index is 0.000000914. The zero-order valence-electron chi connectivity index (χ0n) is 19.4. The third kappa shape index (κ3) is 6.40. The van der Waals surface area contributed by atoms with Gasteiger partial charge in [0.15, 0.2) is 0 Å². The smallest absolute Gasteiger partial charge is 0.146 e. The van der Waals surface area contributed by atoms with Gasteiger partial charge in [0.2, 0.25) is 0 Å². The number of fused-ring (bicyclic) bond motifs is 1. The van der Waals surface area contributed by atoms with E-state index in [0.717, 1.165) is 24.7 Å². The minimum atomic E-state index is -0.348. The second kappa shape index (κ2) is 13.0. The third-order valence-corrected chi connectivity index (χ3v) is 5.01. The minimum absolute atomic E-state index is 0.348. The summed E-state index contributed by atoms with van der Waals surface area (Å²) in [5, 5.41) is 12.9. The first-order valence-electron chi connectivity index (χ1n) is 10.8. The van der Waals surface area contributed by atoms with Crippen molar-refractivity contribution in [2.45, 2.75) is 39.4 Å². The van der Waals surface area contributed by atoms with Crippen LogP contribution in [0.4, 0.5) is 5.69 Å². The van der Waals surface area contributed by atoms with Gasteiger partial charge in [0.25, 0.3) is 0 Å². The molecule has 2 aliphatic heterocycles. The van der Waals surface area contributed by atoms with Crippen molar-refractivity contribution >= 4 is 23.6 Å². The maximum absolute atomic E-state index is 8.70. The summed E-state index contributed by atoms with van der Waals surface area (Å²) in [5.41, 5.74) is 7.64. The molecule has 0 radical (unpaired) electrons. The molecule has 33 heavy (non-hydrogen) atoms. The highest BCUT2D eigenvalue weighted by Crippen LogP contribution is 2.24. The molecule has 4 rings (SSSR count). The highest BCUT2D eigenvalue weighted by Gasteiger charge is 2.27. The van der Waals surface area contributed by atoms with E-state index in [1.807, 2.05) is 18.5 Å². The van der Waals surface area contributed by atoms with Crippen molar-refractivity contribution in [2.24, 2.45) is 9.98 Å². The number of hydrogen-bond acceptors (Lipinski definition) is 9. The molecule has 10 nitrogen and oxygen atoms in total. The van der Waals surface area contributed by atoms with Crippen LogP contribution in [0.3, 0.4) is 0 Å². The van der Waals surface area contributed by atoms with Crippen LogP contribution in [0.25, 0.3) is 0 Å². The number of aromatic nitrogens is 3. The lowest BCUT2D eigenvalue weighted by atomic mass is 9.98. The Kier molecular flexibility index (Phi) is 10.0. The first-order chi connectivity index (χ1) is 16.2. The number of hydrogen-bond donors (Lipinski definition) is 2. The Morgan fingerprint density at radius 1 is 1.24 bits per heavy atom. The van der Waals surface area contributed by atoms with Crippen molar-refractivity contribution in [3.05, 3.63) is 35.9 Å². The number of methoxy groups -OCH3 is 1. The van der Waals surface area contributed by atoms with Crippen molar-refractivity contribution in [3.8, 4) is 18.6 Å². The molecule has 0 amide bonds. The number of nitrogens with zero attached hydrogens (tertiary/aromatic N) is 6.